The Morgan fingerprint density at radius 2 is 2.05 bits per heavy atom. The summed E-state index contributed by atoms with van der Waals surface area (Å²) in [4.78, 5) is 13.9. The lowest BCUT2D eigenvalue weighted by molar-refractivity contribution is 0.0729. The summed E-state index contributed by atoms with van der Waals surface area (Å²) in [6, 6.07) is 7.53. The van der Waals surface area contributed by atoms with Crippen LogP contribution in [0.3, 0.4) is 0 Å². The molecule has 2 aromatic rings. The number of aromatic nitrogens is 2. The molecule has 0 aliphatic heterocycles. The van der Waals surface area contributed by atoms with Crippen LogP contribution in [0, 0.1) is 5.82 Å². The SMILES string of the molecule is CC(c1ccccc1F)N(C)C(=O)c1cc(N)nn1C.Cl. The normalized spacial score (nSPS) is 11.6. The Morgan fingerprint density at radius 1 is 1.43 bits per heavy atom. The van der Waals surface area contributed by atoms with E-state index in [1.54, 1.807) is 39.2 Å². The molecule has 5 nitrogen and oxygen atoms in total. The number of anilines is 1. The Labute approximate surface area is 129 Å². The second kappa shape index (κ2) is 6.58. The smallest absolute Gasteiger partial charge is 0.272 e. The summed E-state index contributed by atoms with van der Waals surface area (Å²) < 4.78 is 15.2. The van der Waals surface area contributed by atoms with Gasteiger partial charge in [-0.1, -0.05) is 18.2 Å². The minimum atomic E-state index is -0.389. The summed E-state index contributed by atoms with van der Waals surface area (Å²) in [5.41, 5.74) is 6.41. The molecule has 2 N–H and O–H groups in total. The van der Waals surface area contributed by atoms with Crippen LogP contribution in [0.5, 0.6) is 0 Å². The van der Waals surface area contributed by atoms with Crippen LogP contribution in [0.1, 0.15) is 29.0 Å². The fraction of sp³-hybridized carbons (Fsp3) is 0.286. The summed E-state index contributed by atoms with van der Waals surface area (Å²) in [7, 11) is 3.27. The number of nitrogen functional groups attached to an aromatic ring is 1. The summed E-state index contributed by atoms with van der Waals surface area (Å²) in [6.07, 6.45) is 0. The van der Waals surface area contributed by atoms with Gasteiger partial charge in [0.05, 0.1) is 6.04 Å². The third-order valence-electron chi connectivity index (χ3n) is 3.37. The number of carbonyl (C=O) groups excluding carboxylic acids is 1. The molecule has 0 saturated heterocycles. The Morgan fingerprint density at radius 3 is 2.57 bits per heavy atom. The van der Waals surface area contributed by atoms with Crippen LogP contribution >= 0.6 is 12.4 Å². The number of benzene rings is 1. The summed E-state index contributed by atoms with van der Waals surface area (Å²) in [5.74, 6) is -0.306. The number of hydrogen-bond acceptors (Lipinski definition) is 3. The van der Waals surface area contributed by atoms with Gasteiger partial charge in [-0.05, 0) is 13.0 Å². The highest BCUT2D eigenvalue weighted by molar-refractivity contribution is 5.93. The summed E-state index contributed by atoms with van der Waals surface area (Å²) >= 11 is 0. The first-order chi connectivity index (χ1) is 9.41. The predicted molar refractivity (Wildman–Crippen MR) is 81.8 cm³/mol. The van der Waals surface area contributed by atoms with E-state index >= 15 is 0 Å². The Hall–Kier alpha value is -2.08. The first kappa shape index (κ1) is 17.0. The molecule has 0 radical (unpaired) electrons. The maximum Gasteiger partial charge on any atom is 0.272 e. The van der Waals surface area contributed by atoms with E-state index in [4.69, 9.17) is 5.73 Å². The average Bonchev–Trinajstić information content (AvgIpc) is 2.76. The van der Waals surface area contributed by atoms with E-state index in [2.05, 4.69) is 5.10 Å². The number of nitrogens with two attached hydrogens (primary N) is 1. The highest BCUT2D eigenvalue weighted by Crippen LogP contribution is 2.23. The lowest BCUT2D eigenvalue weighted by Crippen LogP contribution is -2.31. The number of amides is 1. The van der Waals surface area contributed by atoms with Gasteiger partial charge in [-0.15, -0.1) is 12.4 Å². The molecule has 0 fully saturated rings. The van der Waals surface area contributed by atoms with Crippen molar-refractivity contribution in [3.05, 3.63) is 47.4 Å². The predicted octanol–water partition coefficient (Wildman–Crippen LogP) is 2.40. The zero-order valence-electron chi connectivity index (χ0n) is 12.1. The number of nitrogens with zero attached hydrogens (tertiary/aromatic N) is 3. The second-order valence-corrected chi connectivity index (χ2v) is 4.69. The molecule has 114 valence electrons. The molecule has 0 bridgehead atoms. The molecule has 0 aliphatic carbocycles. The van der Waals surface area contributed by atoms with Crippen molar-refractivity contribution < 1.29 is 9.18 Å². The number of hydrogen-bond donors (Lipinski definition) is 1. The molecular formula is C14H18ClFN4O. The lowest BCUT2D eigenvalue weighted by atomic mass is 10.1. The van der Waals surface area contributed by atoms with Crippen molar-refractivity contribution in [2.75, 3.05) is 12.8 Å². The van der Waals surface area contributed by atoms with Gasteiger partial charge in [0.1, 0.15) is 17.3 Å². The molecular weight excluding hydrogens is 295 g/mol. The third-order valence-corrected chi connectivity index (χ3v) is 3.37. The Balaban J connectivity index is 0.00000220. The molecule has 1 unspecified atom stereocenters. The van der Waals surface area contributed by atoms with Gasteiger partial charge in [0.2, 0.25) is 0 Å². The number of rotatable bonds is 3. The zero-order valence-corrected chi connectivity index (χ0v) is 12.9. The molecule has 1 atom stereocenters. The Bertz CT molecular complexity index is 644. The van der Waals surface area contributed by atoms with Crippen molar-refractivity contribution in [2.24, 2.45) is 7.05 Å². The van der Waals surface area contributed by atoms with E-state index in [0.29, 0.717) is 11.3 Å². The van der Waals surface area contributed by atoms with E-state index in [1.807, 2.05) is 0 Å². The van der Waals surface area contributed by atoms with Crippen molar-refractivity contribution in [3.63, 3.8) is 0 Å². The van der Waals surface area contributed by atoms with Gasteiger partial charge in [0, 0.05) is 25.7 Å². The van der Waals surface area contributed by atoms with Crippen LogP contribution in [0.15, 0.2) is 30.3 Å². The van der Waals surface area contributed by atoms with Gasteiger partial charge in [0.15, 0.2) is 0 Å². The number of carbonyl (C=O) groups is 1. The topological polar surface area (TPSA) is 64.2 Å². The Kier molecular flexibility index (Phi) is 5.32. The van der Waals surface area contributed by atoms with Gasteiger partial charge < -0.3 is 10.6 Å². The first-order valence-electron chi connectivity index (χ1n) is 6.23. The fourth-order valence-electron chi connectivity index (χ4n) is 2.07. The van der Waals surface area contributed by atoms with Crippen LogP contribution < -0.4 is 5.73 Å². The van der Waals surface area contributed by atoms with E-state index in [-0.39, 0.29) is 36.0 Å². The first-order valence-corrected chi connectivity index (χ1v) is 6.23. The van der Waals surface area contributed by atoms with Crippen LogP contribution in [-0.2, 0) is 7.05 Å². The highest BCUT2D eigenvalue weighted by Gasteiger charge is 2.23. The van der Waals surface area contributed by atoms with Crippen molar-refractivity contribution >= 4 is 24.1 Å². The van der Waals surface area contributed by atoms with Gasteiger partial charge in [-0.2, -0.15) is 5.10 Å². The molecule has 7 heteroatoms. The van der Waals surface area contributed by atoms with Crippen molar-refractivity contribution in [1.29, 1.82) is 0 Å². The molecule has 0 aliphatic rings. The summed E-state index contributed by atoms with van der Waals surface area (Å²) in [6.45, 7) is 1.77. The molecule has 1 amide bonds. The minimum absolute atomic E-state index is 0. The highest BCUT2D eigenvalue weighted by atomic mass is 35.5. The zero-order chi connectivity index (χ0) is 14.9. The van der Waals surface area contributed by atoms with Crippen LogP contribution in [0.2, 0.25) is 0 Å². The monoisotopic (exact) mass is 312 g/mol. The van der Waals surface area contributed by atoms with Gasteiger partial charge in [-0.3, -0.25) is 9.48 Å². The molecule has 1 aromatic heterocycles. The number of aryl methyl sites for hydroxylation is 1. The molecule has 2 rings (SSSR count). The van der Waals surface area contributed by atoms with Crippen LogP contribution in [0.25, 0.3) is 0 Å². The average molecular weight is 313 g/mol. The van der Waals surface area contributed by atoms with Gasteiger partial charge in [0.25, 0.3) is 5.91 Å². The second-order valence-electron chi connectivity index (χ2n) is 4.69. The lowest BCUT2D eigenvalue weighted by Gasteiger charge is -2.25. The van der Waals surface area contributed by atoms with Crippen LogP contribution in [-0.4, -0.2) is 27.6 Å². The van der Waals surface area contributed by atoms with E-state index in [1.165, 1.54) is 21.7 Å². The standard InChI is InChI=1S/C14H17FN4O.ClH/c1-9(10-6-4-5-7-11(10)15)18(2)14(20)12-8-13(16)17-19(12)3;/h4-9H,1-3H3,(H2,16,17);1H. The maximum absolute atomic E-state index is 13.8. The summed E-state index contributed by atoms with van der Waals surface area (Å²) in [5, 5.41) is 3.94. The van der Waals surface area contributed by atoms with Crippen molar-refractivity contribution in [1.82, 2.24) is 14.7 Å². The van der Waals surface area contributed by atoms with Crippen molar-refractivity contribution in [2.45, 2.75) is 13.0 Å². The molecule has 0 spiro atoms. The fourth-order valence-corrected chi connectivity index (χ4v) is 2.07. The third kappa shape index (κ3) is 3.33. The quantitative estimate of drug-likeness (QED) is 0.946. The maximum atomic E-state index is 13.8. The largest absolute Gasteiger partial charge is 0.382 e. The number of halogens is 2. The molecule has 0 saturated carbocycles. The van der Waals surface area contributed by atoms with E-state index in [9.17, 15) is 9.18 Å². The van der Waals surface area contributed by atoms with E-state index in [0.717, 1.165) is 0 Å². The van der Waals surface area contributed by atoms with Crippen LogP contribution in [0.4, 0.5) is 10.2 Å². The van der Waals surface area contributed by atoms with Crippen molar-refractivity contribution in [3.8, 4) is 0 Å². The van der Waals surface area contributed by atoms with Gasteiger partial charge in [-0.25, -0.2) is 4.39 Å². The molecule has 1 aromatic carbocycles. The minimum Gasteiger partial charge on any atom is -0.382 e. The molecule has 1 heterocycles. The van der Waals surface area contributed by atoms with Gasteiger partial charge >= 0.3 is 0 Å². The van der Waals surface area contributed by atoms with E-state index < -0.39 is 0 Å². The molecule has 21 heavy (non-hydrogen) atoms.